The Bertz CT molecular complexity index is 684. The first-order chi connectivity index (χ1) is 9.88. The second-order valence-corrected chi connectivity index (χ2v) is 5.48. The highest BCUT2D eigenvalue weighted by atomic mass is 35.5. The SMILES string of the molecule is CC(C)c1cccc(Oc2c(Cl)cc(N)cc2C(N)=O)c1. The highest BCUT2D eigenvalue weighted by Gasteiger charge is 2.16. The van der Waals surface area contributed by atoms with Crippen LogP contribution in [0.1, 0.15) is 35.7 Å². The number of nitrogens with two attached hydrogens (primary N) is 2. The zero-order chi connectivity index (χ0) is 15.6. The summed E-state index contributed by atoms with van der Waals surface area (Å²) in [5.41, 5.74) is 12.7. The average Bonchev–Trinajstić information content (AvgIpc) is 2.41. The molecule has 2 aromatic carbocycles. The molecule has 21 heavy (non-hydrogen) atoms. The second kappa shape index (κ2) is 6.06. The number of hydrogen-bond acceptors (Lipinski definition) is 3. The fraction of sp³-hybridized carbons (Fsp3) is 0.188. The average molecular weight is 305 g/mol. The van der Waals surface area contributed by atoms with E-state index in [9.17, 15) is 4.79 Å². The molecule has 5 heteroatoms. The number of primary amides is 1. The second-order valence-electron chi connectivity index (χ2n) is 5.07. The minimum absolute atomic E-state index is 0.162. The third-order valence-electron chi connectivity index (χ3n) is 3.08. The summed E-state index contributed by atoms with van der Waals surface area (Å²) in [6, 6.07) is 10.6. The van der Waals surface area contributed by atoms with Gasteiger partial charge in [0.2, 0.25) is 0 Å². The van der Waals surface area contributed by atoms with Gasteiger partial charge in [-0.05, 0) is 35.7 Å². The highest BCUT2D eigenvalue weighted by molar-refractivity contribution is 6.33. The van der Waals surface area contributed by atoms with Gasteiger partial charge in [-0.3, -0.25) is 4.79 Å². The molecule has 110 valence electrons. The number of anilines is 1. The number of rotatable bonds is 4. The predicted octanol–water partition coefficient (Wildman–Crippen LogP) is 3.94. The molecular formula is C16H17ClN2O2. The number of halogens is 1. The number of carbonyl (C=O) groups excluding carboxylic acids is 1. The minimum Gasteiger partial charge on any atom is -0.455 e. The molecule has 0 aliphatic carbocycles. The normalized spacial score (nSPS) is 10.7. The summed E-state index contributed by atoms with van der Waals surface area (Å²) in [7, 11) is 0. The van der Waals surface area contributed by atoms with Crippen LogP contribution in [-0.4, -0.2) is 5.91 Å². The number of amides is 1. The van der Waals surface area contributed by atoms with Crippen molar-refractivity contribution in [1.82, 2.24) is 0 Å². The zero-order valence-corrected chi connectivity index (χ0v) is 12.6. The molecule has 0 fully saturated rings. The molecule has 0 unspecified atom stereocenters. The molecule has 2 rings (SSSR count). The predicted molar refractivity (Wildman–Crippen MR) is 85.0 cm³/mol. The molecule has 0 heterocycles. The van der Waals surface area contributed by atoms with Crippen LogP contribution in [0.3, 0.4) is 0 Å². The van der Waals surface area contributed by atoms with E-state index in [1.54, 1.807) is 6.07 Å². The van der Waals surface area contributed by atoms with E-state index in [1.807, 2.05) is 18.2 Å². The lowest BCUT2D eigenvalue weighted by atomic mass is 10.0. The van der Waals surface area contributed by atoms with Crippen LogP contribution in [0.25, 0.3) is 0 Å². The Labute approximate surface area is 128 Å². The van der Waals surface area contributed by atoms with Crippen LogP contribution in [0.4, 0.5) is 5.69 Å². The molecule has 0 atom stereocenters. The third kappa shape index (κ3) is 3.47. The van der Waals surface area contributed by atoms with Gasteiger partial charge >= 0.3 is 0 Å². The molecule has 2 aromatic rings. The summed E-state index contributed by atoms with van der Waals surface area (Å²) >= 11 is 6.12. The lowest BCUT2D eigenvalue weighted by molar-refractivity contribution is 0.0998. The summed E-state index contributed by atoms with van der Waals surface area (Å²) < 4.78 is 5.76. The van der Waals surface area contributed by atoms with Crippen molar-refractivity contribution in [3.63, 3.8) is 0 Å². The number of benzene rings is 2. The van der Waals surface area contributed by atoms with E-state index in [-0.39, 0.29) is 16.3 Å². The van der Waals surface area contributed by atoms with Crippen LogP contribution in [0.2, 0.25) is 5.02 Å². The van der Waals surface area contributed by atoms with Gasteiger partial charge in [0.1, 0.15) is 5.75 Å². The summed E-state index contributed by atoms with van der Waals surface area (Å²) in [4.78, 5) is 11.5. The van der Waals surface area contributed by atoms with E-state index in [0.717, 1.165) is 5.56 Å². The Hall–Kier alpha value is -2.20. The Morgan fingerprint density at radius 3 is 2.57 bits per heavy atom. The van der Waals surface area contributed by atoms with Crippen molar-refractivity contribution in [2.45, 2.75) is 19.8 Å². The van der Waals surface area contributed by atoms with Gasteiger partial charge in [-0.15, -0.1) is 0 Å². The highest BCUT2D eigenvalue weighted by Crippen LogP contribution is 2.35. The Balaban J connectivity index is 2.44. The molecule has 4 nitrogen and oxygen atoms in total. The van der Waals surface area contributed by atoms with Gasteiger partial charge in [0.15, 0.2) is 5.75 Å². The van der Waals surface area contributed by atoms with Crippen molar-refractivity contribution in [2.75, 3.05) is 5.73 Å². The molecule has 0 aromatic heterocycles. The minimum atomic E-state index is -0.640. The first-order valence-corrected chi connectivity index (χ1v) is 6.93. The molecule has 0 aliphatic heterocycles. The van der Waals surface area contributed by atoms with E-state index < -0.39 is 5.91 Å². The summed E-state index contributed by atoms with van der Waals surface area (Å²) in [5.74, 6) is 0.542. The van der Waals surface area contributed by atoms with Crippen molar-refractivity contribution in [3.8, 4) is 11.5 Å². The Morgan fingerprint density at radius 1 is 1.24 bits per heavy atom. The van der Waals surface area contributed by atoms with Gasteiger partial charge in [-0.25, -0.2) is 0 Å². The van der Waals surface area contributed by atoms with Crippen molar-refractivity contribution in [2.24, 2.45) is 5.73 Å². The lowest BCUT2D eigenvalue weighted by Gasteiger charge is -2.13. The van der Waals surface area contributed by atoms with Crippen LogP contribution in [0.5, 0.6) is 11.5 Å². The van der Waals surface area contributed by atoms with E-state index in [2.05, 4.69) is 13.8 Å². The summed E-state index contributed by atoms with van der Waals surface area (Å²) in [5, 5.41) is 0.249. The third-order valence-corrected chi connectivity index (χ3v) is 3.36. The fourth-order valence-electron chi connectivity index (χ4n) is 1.96. The lowest BCUT2D eigenvalue weighted by Crippen LogP contribution is -2.13. The molecule has 4 N–H and O–H groups in total. The molecule has 1 amide bonds. The standard InChI is InChI=1S/C16H17ClN2O2/c1-9(2)10-4-3-5-12(6-10)21-15-13(16(19)20)7-11(18)8-14(15)17/h3-9H,18H2,1-2H3,(H2,19,20). The molecule has 0 spiro atoms. The van der Waals surface area contributed by atoms with Gasteiger partial charge in [-0.2, -0.15) is 0 Å². The maximum absolute atomic E-state index is 11.5. The molecule has 0 aliphatic rings. The quantitative estimate of drug-likeness (QED) is 0.840. The molecular weight excluding hydrogens is 288 g/mol. The number of nitrogen functional groups attached to an aromatic ring is 1. The number of ether oxygens (including phenoxy) is 1. The van der Waals surface area contributed by atoms with Crippen LogP contribution < -0.4 is 16.2 Å². The largest absolute Gasteiger partial charge is 0.455 e. The van der Waals surface area contributed by atoms with Gasteiger partial charge in [0.05, 0.1) is 10.6 Å². The van der Waals surface area contributed by atoms with Crippen molar-refractivity contribution in [3.05, 3.63) is 52.5 Å². The maximum Gasteiger partial charge on any atom is 0.252 e. The first-order valence-electron chi connectivity index (χ1n) is 6.55. The van der Waals surface area contributed by atoms with Crippen LogP contribution >= 0.6 is 11.6 Å². The van der Waals surface area contributed by atoms with Gasteiger partial charge < -0.3 is 16.2 Å². The van der Waals surface area contributed by atoms with Crippen LogP contribution in [0.15, 0.2) is 36.4 Å². The van der Waals surface area contributed by atoms with E-state index in [4.69, 9.17) is 27.8 Å². The molecule has 0 saturated carbocycles. The fourth-order valence-corrected chi connectivity index (χ4v) is 2.22. The van der Waals surface area contributed by atoms with E-state index >= 15 is 0 Å². The molecule has 0 radical (unpaired) electrons. The number of carbonyl (C=O) groups is 1. The van der Waals surface area contributed by atoms with Gasteiger partial charge in [0.25, 0.3) is 5.91 Å². The maximum atomic E-state index is 11.5. The Kier molecular flexibility index (Phi) is 4.38. The summed E-state index contributed by atoms with van der Waals surface area (Å²) in [6.45, 7) is 4.17. The van der Waals surface area contributed by atoms with Crippen molar-refractivity contribution in [1.29, 1.82) is 0 Å². The Morgan fingerprint density at radius 2 is 1.95 bits per heavy atom. The van der Waals surface area contributed by atoms with Gasteiger partial charge in [-0.1, -0.05) is 37.6 Å². The van der Waals surface area contributed by atoms with Crippen LogP contribution in [0, 0.1) is 0 Å². The van der Waals surface area contributed by atoms with Crippen molar-refractivity contribution < 1.29 is 9.53 Å². The first kappa shape index (κ1) is 15.2. The zero-order valence-electron chi connectivity index (χ0n) is 11.9. The van der Waals surface area contributed by atoms with Crippen molar-refractivity contribution >= 4 is 23.2 Å². The molecule has 0 saturated heterocycles. The smallest absolute Gasteiger partial charge is 0.252 e. The number of hydrogen-bond donors (Lipinski definition) is 2. The topological polar surface area (TPSA) is 78.3 Å². The van der Waals surface area contributed by atoms with Gasteiger partial charge in [0, 0.05) is 5.69 Å². The summed E-state index contributed by atoms with van der Waals surface area (Å²) in [6.07, 6.45) is 0. The molecule has 0 bridgehead atoms. The van der Waals surface area contributed by atoms with E-state index in [0.29, 0.717) is 17.4 Å². The van der Waals surface area contributed by atoms with E-state index in [1.165, 1.54) is 12.1 Å². The van der Waals surface area contributed by atoms with Crippen LogP contribution in [-0.2, 0) is 0 Å². The monoisotopic (exact) mass is 304 g/mol.